The van der Waals surface area contributed by atoms with E-state index in [0.29, 0.717) is 12.0 Å². The van der Waals surface area contributed by atoms with E-state index in [4.69, 9.17) is 4.74 Å². The average Bonchev–Trinajstić information content (AvgIpc) is 2.08. The van der Waals surface area contributed by atoms with Gasteiger partial charge in [0.25, 0.3) is 0 Å². The Morgan fingerprint density at radius 1 is 1.50 bits per heavy atom. The fourth-order valence-electron chi connectivity index (χ4n) is 1.71. The zero-order chi connectivity index (χ0) is 9.14. The maximum absolute atomic E-state index is 11.3. The number of nitrogens with one attached hydrogen (secondary N) is 1. The second-order valence-electron chi connectivity index (χ2n) is 3.65. The highest BCUT2D eigenvalue weighted by Gasteiger charge is 2.31. The van der Waals surface area contributed by atoms with Crippen molar-refractivity contribution >= 4 is 5.97 Å². The Kier molecular flexibility index (Phi) is 3.09. The van der Waals surface area contributed by atoms with Crippen LogP contribution in [0.5, 0.6) is 0 Å². The molecule has 3 nitrogen and oxygen atoms in total. The Bertz CT molecular complexity index is 170. The summed E-state index contributed by atoms with van der Waals surface area (Å²) in [6, 6.07) is 0.435. The van der Waals surface area contributed by atoms with E-state index in [-0.39, 0.29) is 11.9 Å². The molecule has 0 aromatic heterocycles. The van der Waals surface area contributed by atoms with E-state index in [9.17, 15) is 4.79 Å². The molecule has 1 fully saturated rings. The third kappa shape index (κ3) is 1.97. The monoisotopic (exact) mass is 171 g/mol. The number of hydrogen-bond acceptors (Lipinski definition) is 3. The van der Waals surface area contributed by atoms with Crippen LogP contribution in [0.25, 0.3) is 0 Å². The Morgan fingerprint density at radius 2 is 2.17 bits per heavy atom. The first-order chi connectivity index (χ1) is 5.65. The van der Waals surface area contributed by atoms with Crippen LogP contribution in [-0.4, -0.2) is 25.7 Å². The Balaban J connectivity index is 2.54. The van der Waals surface area contributed by atoms with Crippen molar-refractivity contribution in [1.82, 2.24) is 5.32 Å². The molecule has 1 aliphatic heterocycles. The van der Waals surface area contributed by atoms with Gasteiger partial charge in [0, 0.05) is 6.04 Å². The van der Waals surface area contributed by atoms with Crippen LogP contribution >= 0.6 is 0 Å². The smallest absolute Gasteiger partial charge is 0.309 e. The van der Waals surface area contributed by atoms with Gasteiger partial charge >= 0.3 is 5.97 Å². The van der Waals surface area contributed by atoms with Crippen molar-refractivity contribution in [3.8, 4) is 0 Å². The maximum atomic E-state index is 11.3. The van der Waals surface area contributed by atoms with Crippen molar-refractivity contribution in [3.05, 3.63) is 0 Å². The van der Waals surface area contributed by atoms with Crippen LogP contribution in [0.15, 0.2) is 0 Å². The molecule has 0 radical (unpaired) electrons. The quantitative estimate of drug-likeness (QED) is 0.593. The molecule has 1 rings (SSSR count). The summed E-state index contributed by atoms with van der Waals surface area (Å²) in [4.78, 5) is 11.3. The summed E-state index contributed by atoms with van der Waals surface area (Å²) >= 11 is 0. The van der Waals surface area contributed by atoms with Crippen molar-refractivity contribution in [3.63, 3.8) is 0 Å². The zero-order valence-electron chi connectivity index (χ0n) is 7.96. The van der Waals surface area contributed by atoms with E-state index in [1.54, 1.807) is 0 Å². The third-order valence-corrected chi connectivity index (χ3v) is 2.59. The van der Waals surface area contributed by atoms with Gasteiger partial charge in [-0.25, -0.2) is 0 Å². The maximum Gasteiger partial charge on any atom is 0.309 e. The van der Waals surface area contributed by atoms with E-state index in [0.717, 1.165) is 13.0 Å². The summed E-state index contributed by atoms with van der Waals surface area (Å²) in [5.41, 5.74) is 0. The van der Waals surface area contributed by atoms with Gasteiger partial charge in [0.1, 0.15) is 0 Å². The first-order valence-electron chi connectivity index (χ1n) is 4.46. The molecular formula is C9H17NO2. The highest BCUT2D eigenvalue weighted by atomic mass is 16.5. The Hall–Kier alpha value is -0.570. The number of carbonyl (C=O) groups excluding carboxylic acids is 1. The van der Waals surface area contributed by atoms with Crippen molar-refractivity contribution < 1.29 is 9.53 Å². The lowest BCUT2D eigenvalue weighted by atomic mass is 9.85. The number of esters is 1. The van der Waals surface area contributed by atoms with Gasteiger partial charge in [-0.2, -0.15) is 0 Å². The molecule has 1 N–H and O–H groups in total. The number of piperidine rings is 1. The second-order valence-corrected chi connectivity index (χ2v) is 3.65. The van der Waals surface area contributed by atoms with Gasteiger partial charge in [-0.05, 0) is 25.8 Å². The number of ether oxygens (including phenoxy) is 1. The molecule has 70 valence electrons. The highest BCUT2D eigenvalue weighted by molar-refractivity contribution is 5.72. The standard InChI is InChI=1S/C9H17NO2/c1-6-5-10-7(2)4-8(6)9(11)12-3/h6-8,10H,4-5H2,1-3H3/t6-,7-,8-/m1/s1. The van der Waals surface area contributed by atoms with Gasteiger partial charge in [0.05, 0.1) is 13.0 Å². The van der Waals surface area contributed by atoms with E-state index >= 15 is 0 Å². The molecule has 0 bridgehead atoms. The van der Waals surface area contributed by atoms with Gasteiger partial charge in [0.2, 0.25) is 0 Å². The van der Waals surface area contributed by atoms with Crippen LogP contribution in [-0.2, 0) is 9.53 Å². The normalized spacial score (nSPS) is 36.1. The minimum Gasteiger partial charge on any atom is -0.469 e. The zero-order valence-corrected chi connectivity index (χ0v) is 7.96. The first-order valence-corrected chi connectivity index (χ1v) is 4.46. The van der Waals surface area contributed by atoms with E-state index in [1.165, 1.54) is 7.11 Å². The summed E-state index contributed by atoms with van der Waals surface area (Å²) < 4.78 is 4.74. The Morgan fingerprint density at radius 3 is 2.75 bits per heavy atom. The molecule has 0 spiro atoms. The van der Waals surface area contributed by atoms with Crippen LogP contribution in [0.4, 0.5) is 0 Å². The molecule has 0 aromatic carbocycles. The van der Waals surface area contributed by atoms with Gasteiger partial charge < -0.3 is 10.1 Å². The predicted octanol–water partition coefficient (Wildman–Crippen LogP) is 0.793. The lowest BCUT2D eigenvalue weighted by Gasteiger charge is -2.31. The topological polar surface area (TPSA) is 38.3 Å². The molecule has 3 atom stereocenters. The van der Waals surface area contributed by atoms with Gasteiger partial charge in [0.15, 0.2) is 0 Å². The van der Waals surface area contributed by atoms with Gasteiger partial charge in [-0.15, -0.1) is 0 Å². The molecule has 0 aliphatic carbocycles. The summed E-state index contributed by atoms with van der Waals surface area (Å²) in [6.07, 6.45) is 0.897. The van der Waals surface area contributed by atoms with Crippen LogP contribution in [0, 0.1) is 11.8 Å². The minimum absolute atomic E-state index is 0.0594. The third-order valence-electron chi connectivity index (χ3n) is 2.59. The molecule has 0 unspecified atom stereocenters. The molecule has 0 amide bonds. The number of rotatable bonds is 1. The van der Waals surface area contributed by atoms with Gasteiger partial charge in [-0.3, -0.25) is 4.79 Å². The molecule has 1 saturated heterocycles. The summed E-state index contributed by atoms with van der Waals surface area (Å²) in [7, 11) is 1.46. The van der Waals surface area contributed by atoms with Crippen molar-refractivity contribution in [1.29, 1.82) is 0 Å². The first kappa shape index (κ1) is 9.52. The lowest BCUT2D eigenvalue weighted by molar-refractivity contribution is -0.148. The SMILES string of the molecule is COC(=O)[C@@H]1C[C@@H](C)NC[C@H]1C. The lowest BCUT2D eigenvalue weighted by Crippen LogP contribution is -2.44. The summed E-state index contributed by atoms with van der Waals surface area (Å²) in [5, 5.41) is 3.33. The minimum atomic E-state index is -0.0594. The average molecular weight is 171 g/mol. The highest BCUT2D eigenvalue weighted by Crippen LogP contribution is 2.22. The predicted molar refractivity (Wildman–Crippen MR) is 46.8 cm³/mol. The number of hydrogen-bond donors (Lipinski definition) is 1. The Labute approximate surface area is 73.5 Å². The fraction of sp³-hybridized carbons (Fsp3) is 0.889. The van der Waals surface area contributed by atoms with Crippen LogP contribution in [0.1, 0.15) is 20.3 Å². The fourth-order valence-corrected chi connectivity index (χ4v) is 1.71. The molecule has 0 saturated carbocycles. The molecule has 1 aliphatic rings. The molecule has 0 aromatic rings. The van der Waals surface area contributed by atoms with Crippen molar-refractivity contribution in [2.24, 2.45) is 11.8 Å². The summed E-state index contributed by atoms with van der Waals surface area (Å²) in [6.45, 7) is 5.10. The second kappa shape index (κ2) is 3.90. The molecular weight excluding hydrogens is 154 g/mol. The van der Waals surface area contributed by atoms with Crippen molar-refractivity contribution in [2.45, 2.75) is 26.3 Å². The largest absolute Gasteiger partial charge is 0.469 e. The number of methoxy groups -OCH3 is 1. The molecule has 3 heteroatoms. The van der Waals surface area contributed by atoms with E-state index in [2.05, 4.69) is 19.2 Å². The van der Waals surface area contributed by atoms with Crippen LogP contribution < -0.4 is 5.32 Å². The van der Waals surface area contributed by atoms with Crippen LogP contribution in [0.3, 0.4) is 0 Å². The van der Waals surface area contributed by atoms with Crippen molar-refractivity contribution in [2.75, 3.05) is 13.7 Å². The molecule has 1 heterocycles. The molecule has 12 heavy (non-hydrogen) atoms. The summed E-state index contributed by atoms with van der Waals surface area (Å²) in [5.74, 6) is 0.427. The van der Waals surface area contributed by atoms with E-state index in [1.807, 2.05) is 0 Å². The number of carbonyl (C=O) groups is 1. The van der Waals surface area contributed by atoms with Crippen LogP contribution in [0.2, 0.25) is 0 Å². The van der Waals surface area contributed by atoms with E-state index < -0.39 is 0 Å². The van der Waals surface area contributed by atoms with Gasteiger partial charge in [-0.1, -0.05) is 6.92 Å².